The van der Waals surface area contributed by atoms with E-state index in [0.717, 1.165) is 11.3 Å². The molecule has 2 heterocycles. The molecule has 0 unspecified atom stereocenters. The van der Waals surface area contributed by atoms with E-state index in [4.69, 9.17) is 0 Å². The number of rotatable bonds is 6. The zero-order valence-corrected chi connectivity index (χ0v) is 13.0. The molecule has 0 radical (unpaired) electrons. The van der Waals surface area contributed by atoms with Crippen LogP contribution in [-0.2, 0) is 6.42 Å². The number of thiophene rings is 1. The molecule has 2 aromatic rings. The highest BCUT2D eigenvalue weighted by atomic mass is 32.1. The predicted molar refractivity (Wildman–Crippen MR) is 78.6 cm³/mol. The number of nitrogens with zero attached hydrogens (tertiary/aromatic N) is 3. The van der Waals surface area contributed by atoms with Crippen molar-refractivity contribution in [1.29, 1.82) is 0 Å². The van der Waals surface area contributed by atoms with Crippen LogP contribution in [-0.4, -0.2) is 47.4 Å². The highest BCUT2D eigenvalue weighted by Gasteiger charge is 2.28. The molecule has 0 aromatic carbocycles. The van der Waals surface area contributed by atoms with Gasteiger partial charge in [0.25, 0.3) is 5.91 Å². The number of ether oxygens (including phenoxy) is 1. The fourth-order valence-electron chi connectivity index (χ4n) is 1.70. The number of carbonyl (C=O) groups is 1. The molecular formula is C14H14F3N3O2S. The van der Waals surface area contributed by atoms with Crippen LogP contribution in [0, 0.1) is 0 Å². The van der Waals surface area contributed by atoms with Crippen molar-refractivity contribution in [2.45, 2.75) is 12.6 Å². The molecule has 5 nitrogen and oxygen atoms in total. The van der Waals surface area contributed by atoms with Crippen molar-refractivity contribution in [1.82, 2.24) is 15.1 Å². The van der Waals surface area contributed by atoms with Gasteiger partial charge < -0.3 is 9.64 Å². The fourth-order valence-corrected chi connectivity index (χ4v) is 2.39. The van der Waals surface area contributed by atoms with Gasteiger partial charge in [-0.25, -0.2) is 0 Å². The zero-order chi connectivity index (χ0) is 16.9. The van der Waals surface area contributed by atoms with E-state index < -0.39 is 12.8 Å². The summed E-state index contributed by atoms with van der Waals surface area (Å²) in [6.07, 6.45) is -3.72. The van der Waals surface area contributed by atoms with Crippen molar-refractivity contribution in [2.24, 2.45) is 0 Å². The zero-order valence-electron chi connectivity index (χ0n) is 12.2. The number of hydrogen-bond acceptors (Lipinski definition) is 5. The molecule has 0 aliphatic rings. The monoisotopic (exact) mass is 345 g/mol. The van der Waals surface area contributed by atoms with Gasteiger partial charge in [0, 0.05) is 24.5 Å². The molecule has 0 aliphatic carbocycles. The average Bonchev–Trinajstić information content (AvgIpc) is 3.03. The first-order valence-corrected chi connectivity index (χ1v) is 7.54. The van der Waals surface area contributed by atoms with Crippen LogP contribution in [0.25, 0.3) is 0 Å². The van der Waals surface area contributed by atoms with Crippen LogP contribution >= 0.6 is 11.3 Å². The average molecular weight is 345 g/mol. The minimum atomic E-state index is -4.45. The number of carbonyl (C=O) groups excluding carboxylic acids is 1. The molecule has 0 aliphatic heterocycles. The summed E-state index contributed by atoms with van der Waals surface area (Å²) in [4.78, 5) is 14.8. The molecule has 0 atom stereocenters. The van der Waals surface area contributed by atoms with Gasteiger partial charge in [0.05, 0.1) is 0 Å². The Morgan fingerprint density at radius 2 is 2.09 bits per heavy atom. The first kappa shape index (κ1) is 17.2. The van der Waals surface area contributed by atoms with Crippen LogP contribution < -0.4 is 4.74 Å². The summed E-state index contributed by atoms with van der Waals surface area (Å²) >= 11 is 1.61. The van der Waals surface area contributed by atoms with E-state index in [-0.39, 0.29) is 17.5 Å². The van der Waals surface area contributed by atoms with Crippen LogP contribution in [0.5, 0.6) is 5.88 Å². The molecule has 0 bridgehead atoms. The maximum atomic E-state index is 12.1. The van der Waals surface area contributed by atoms with Crippen molar-refractivity contribution in [2.75, 3.05) is 20.2 Å². The molecule has 0 N–H and O–H groups in total. The number of aromatic nitrogens is 2. The van der Waals surface area contributed by atoms with Crippen LogP contribution in [0.4, 0.5) is 13.2 Å². The van der Waals surface area contributed by atoms with Gasteiger partial charge in [-0.1, -0.05) is 6.07 Å². The molecule has 9 heteroatoms. The minimum absolute atomic E-state index is 0.0537. The summed E-state index contributed by atoms with van der Waals surface area (Å²) < 4.78 is 40.5. The third kappa shape index (κ3) is 5.51. The van der Waals surface area contributed by atoms with E-state index in [2.05, 4.69) is 14.9 Å². The Bertz CT molecular complexity index is 630. The first-order chi connectivity index (χ1) is 10.8. The van der Waals surface area contributed by atoms with Gasteiger partial charge in [-0.3, -0.25) is 4.79 Å². The number of amides is 1. The van der Waals surface area contributed by atoms with Gasteiger partial charge >= 0.3 is 6.18 Å². The SMILES string of the molecule is CN(CCc1cccs1)C(=O)c1ccc(OCC(F)(F)F)nn1. The van der Waals surface area contributed by atoms with Crippen LogP contribution in [0.15, 0.2) is 29.6 Å². The van der Waals surface area contributed by atoms with E-state index >= 15 is 0 Å². The highest BCUT2D eigenvalue weighted by molar-refractivity contribution is 7.09. The lowest BCUT2D eigenvalue weighted by Gasteiger charge is -2.16. The van der Waals surface area contributed by atoms with E-state index in [1.54, 1.807) is 18.4 Å². The summed E-state index contributed by atoms with van der Waals surface area (Å²) in [5, 5.41) is 9.05. The van der Waals surface area contributed by atoms with Crippen molar-refractivity contribution in [3.8, 4) is 5.88 Å². The second kappa shape index (κ2) is 7.40. The Hall–Kier alpha value is -2.16. The molecule has 2 aromatic heterocycles. The third-order valence-electron chi connectivity index (χ3n) is 2.86. The maximum absolute atomic E-state index is 12.1. The Kier molecular flexibility index (Phi) is 5.54. The van der Waals surface area contributed by atoms with E-state index in [9.17, 15) is 18.0 Å². The van der Waals surface area contributed by atoms with Crippen molar-refractivity contribution in [3.63, 3.8) is 0 Å². The molecular weight excluding hydrogens is 331 g/mol. The molecule has 23 heavy (non-hydrogen) atoms. The molecule has 1 amide bonds. The lowest BCUT2D eigenvalue weighted by molar-refractivity contribution is -0.154. The Morgan fingerprint density at radius 3 is 2.65 bits per heavy atom. The minimum Gasteiger partial charge on any atom is -0.467 e. The molecule has 2 rings (SSSR count). The largest absolute Gasteiger partial charge is 0.467 e. The lowest BCUT2D eigenvalue weighted by Crippen LogP contribution is -2.29. The van der Waals surface area contributed by atoms with Gasteiger partial charge in [-0.2, -0.15) is 13.2 Å². The van der Waals surface area contributed by atoms with Gasteiger partial charge in [0.15, 0.2) is 12.3 Å². The second-order valence-corrected chi connectivity index (χ2v) is 5.75. The summed E-state index contributed by atoms with van der Waals surface area (Å²) in [6.45, 7) is -0.941. The van der Waals surface area contributed by atoms with Crippen molar-refractivity contribution in [3.05, 3.63) is 40.2 Å². The smallest absolute Gasteiger partial charge is 0.422 e. The topological polar surface area (TPSA) is 55.3 Å². The number of alkyl halides is 3. The molecule has 0 spiro atoms. The van der Waals surface area contributed by atoms with Crippen LogP contribution in [0.3, 0.4) is 0 Å². The van der Waals surface area contributed by atoms with E-state index in [1.807, 2.05) is 17.5 Å². The third-order valence-corrected chi connectivity index (χ3v) is 3.80. The van der Waals surface area contributed by atoms with Gasteiger partial charge in [0.2, 0.25) is 5.88 Å². The number of hydrogen-bond donors (Lipinski definition) is 0. The quantitative estimate of drug-likeness (QED) is 0.808. The predicted octanol–water partition coefficient (Wildman–Crippen LogP) is 2.79. The summed E-state index contributed by atoms with van der Waals surface area (Å²) in [5.41, 5.74) is 0.0537. The fraction of sp³-hybridized carbons (Fsp3) is 0.357. The lowest BCUT2D eigenvalue weighted by atomic mass is 10.3. The van der Waals surface area contributed by atoms with E-state index in [1.165, 1.54) is 17.0 Å². The van der Waals surface area contributed by atoms with Gasteiger partial charge in [-0.15, -0.1) is 21.5 Å². The summed E-state index contributed by atoms with van der Waals surface area (Å²) in [5.74, 6) is -0.628. The number of likely N-dealkylation sites (N-methyl/N-ethyl adjacent to an activating group) is 1. The molecule has 124 valence electrons. The van der Waals surface area contributed by atoms with Gasteiger partial charge in [0.1, 0.15) is 0 Å². The van der Waals surface area contributed by atoms with Crippen molar-refractivity contribution >= 4 is 17.2 Å². The summed E-state index contributed by atoms with van der Waals surface area (Å²) in [7, 11) is 1.63. The Labute approximate surface area is 134 Å². The summed E-state index contributed by atoms with van der Waals surface area (Å²) in [6, 6.07) is 6.41. The Balaban J connectivity index is 1.88. The van der Waals surface area contributed by atoms with E-state index in [0.29, 0.717) is 6.54 Å². The van der Waals surface area contributed by atoms with Crippen LogP contribution in [0.2, 0.25) is 0 Å². The molecule has 0 fully saturated rings. The Morgan fingerprint density at radius 1 is 1.30 bits per heavy atom. The molecule has 0 saturated heterocycles. The number of halogens is 3. The van der Waals surface area contributed by atoms with Crippen molar-refractivity contribution < 1.29 is 22.7 Å². The normalized spacial score (nSPS) is 11.3. The second-order valence-electron chi connectivity index (χ2n) is 4.72. The highest BCUT2D eigenvalue weighted by Crippen LogP contribution is 2.16. The maximum Gasteiger partial charge on any atom is 0.422 e. The van der Waals surface area contributed by atoms with Gasteiger partial charge in [-0.05, 0) is 23.9 Å². The standard InChI is InChI=1S/C14H14F3N3O2S/c1-20(7-6-10-3-2-8-23-10)13(21)11-4-5-12(19-18-11)22-9-14(15,16)17/h2-5,8H,6-7,9H2,1H3. The first-order valence-electron chi connectivity index (χ1n) is 6.66. The van der Waals surface area contributed by atoms with Crippen LogP contribution in [0.1, 0.15) is 15.4 Å². The molecule has 0 saturated carbocycles.